The summed E-state index contributed by atoms with van der Waals surface area (Å²) in [7, 11) is 0. The van der Waals surface area contributed by atoms with Crippen LogP contribution in [-0.2, 0) is 11.2 Å². The molecule has 0 saturated carbocycles. The van der Waals surface area contributed by atoms with Crippen molar-refractivity contribution < 1.29 is 10.2 Å². The van der Waals surface area contributed by atoms with Gasteiger partial charge in [-0.25, -0.2) is 0 Å². The fourth-order valence-electron chi connectivity index (χ4n) is 1.98. The van der Waals surface area contributed by atoms with Crippen LogP contribution in [0.3, 0.4) is 0 Å². The molecule has 0 aromatic heterocycles. The summed E-state index contributed by atoms with van der Waals surface area (Å²) in [5, 5.41) is 20.7. The van der Waals surface area contributed by atoms with Crippen LogP contribution in [0.15, 0.2) is 60.7 Å². The van der Waals surface area contributed by atoms with Crippen molar-refractivity contribution in [2.45, 2.75) is 25.0 Å². The Morgan fingerprint density at radius 2 is 0.955 bits per heavy atom. The van der Waals surface area contributed by atoms with Crippen molar-refractivity contribution >= 4 is 0 Å². The molecule has 2 N–H and O–H groups in total. The lowest BCUT2D eigenvalue weighted by atomic mass is 9.96. The first kappa shape index (κ1) is 15.9. The van der Waals surface area contributed by atoms with Crippen molar-refractivity contribution in [1.29, 1.82) is 0 Å². The standard InChI is InChI=1S/C20H18O2/c1-19(21,17-11-5-3-6-12-17)15-9-10-16-20(2,22)18-13-7-4-8-14-18/h3-8,11-14,21-22H,1-2H3/t19-,20-/m1/s1. The Hall–Kier alpha value is -2.52. The van der Waals surface area contributed by atoms with E-state index in [1.54, 1.807) is 13.8 Å². The highest BCUT2D eigenvalue weighted by molar-refractivity contribution is 5.39. The highest BCUT2D eigenvalue weighted by Gasteiger charge is 2.20. The van der Waals surface area contributed by atoms with Crippen LogP contribution in [0, 0.1) is 23.7 Å². The van der Waals surface area contributed by atoms with Crippen LogP contribution < -0.4 is 0 Å². The summed E-state index contributed by atoms with van der Waals surface area (Å²) in [5.41, 5.74) is -1.12. The van der Waals surface area contributed by atoms with E-state index in [2.05, 4.69) is 23.7 Å². The summed E-state index contributed by atoms with van der Waals surface area (Å²) < 4.78 is 0. The molecule has 2 rings (SSSR count). The van der Waals surface area contributed by atoms with Crippen molar-refractivity contribution in [3.63, 3.8) is 0 Å². The van der Waals surface area contributed by atoms with Gasteiger partial charge in [-0.1, -0.05) is 60.7 Å². The van der Waals surface area contributed by atoms with E-state index in [-0.39, 0.29) is 0 Å². The third-order valence-corrected chi connectivity index (χ3v) is 3.35. The zero-order valence-corrected chi connectivity index (χ0v) is 12.7. The van der Waals surface area contributed by atoms with E-state index < -0.39 is 11.2 Å². The van der Waals surface area contributed by atoms with Crippen LogP contribution in [0.5, 0.6) is 0 Å². The first-order valence-corrected chi connectivity index (χ1v) is 7.02. The predicted molar refractivity (Wildman–Crippen MR) is 87.6 cm³/mol. The lowest BCUT2D eigenvalue weighted by Gasteiger charge is -2.16. The van der Waals surface area contributed by atoms with E-state index in [9.17, 15) is 10.2 Å². The predicted octanol–water partition coefficient (Wildman–Crippen LogP) is 2.81. The molecule has 0 saturated heterocycles. The Morgan fingerprint density at radius 1 is 0.636 bits per heavy atom. The summed E-state index contributed by atoms with van der Waals surface area (Å²) in [6.07, 6.45) is 0. The topological polar surface area (TPSA) is 40.5 Å². The van der Waals surface area contributed by atoms with E-state index in [1.807, 2.05) is 60.7 Å². The first-order chi connectivity index (χ1) is 10.4. The molecule has 0 spiro atoms. The molecular weight excluding hydrogens is 272 g/mol. The molecule has 2 aromatic carbocycles. The third-order valence-electron chi connectivity index (χ3n) is 3.35. The molecule has 0 heterocycles. The molecule has 0 bridgehead atoms. The molecule has 0 fully saturated rings. The van der Waals surface area contributed by atoms with E-state index >= 15 is 0 Å². The average Bonchev–Trinajstić information content (AvgIpc) is 2.53. The molecule has 2 heteroatoms. The second kappa shape index (κ2) is 6.50. The number of hydrogen-bond donors (Lipinski definition) is 2. The molecule has 2 atom stereocenters. The fourth-order valence-corrected chi connectivity index (χ4v) is 1.98. The average molecular weight is 290 g/mol. The van der Waals surface area contributed by atoms with Crippen LogP contribution in [0.4, 0.5) is 0 Å². The Balaban J connectivity index is 2.18. The normalized spacial score (nSPS) is 15.3. The van der Waals surface area contributed by atoms with Crippen molar-refractivity contribution in [2.24, 2.45) is 0 Å². The Labute approximate surface area is 131 Å². The van der Waals surface area contributed by atoms with Crippen LogP contribution in [0.25, 0.3) is 0 Å². The second-order valence-corrected chi connectivity index (χ2v) is 5.38. The molecule has 0 amide bonds. The molecule has 2 nitrogen and oxygen atoms in total. The van der Waals surface area contributed by atoms with Gasteiger partial charge in [0.05, 0.1) is 0 Å². The molecule has 0 unspecified atom stereocenters. The zero-order chi connectivity index (χ0) is 16.1. The minimum Gasteiger partial charge on any atom is -0.374 e. The lowest BCUT2D eigenvalue weighted by molar-refractivity contribution is 0.121. The molecule has 0 aliphatic carbocycles. The van der Waals surface area contributed by atoms with Crippen molar-refractivity contribution in [1.82, 2.24) is 0 Å². The molecule has 22 heavy (non-hydrogen) atoms. The van der Waals surface area contributed by atoms with Gasteiger partial charge in [0.25, 0.3) is 0 Å². The van der Waals surface area contributed by atoms with E-state index in [0.29, 0.717) is 11.1 Å². The summed E-state index contributed by atoms with van der Waals surface area (Å²) in [6, 6.07) is 18.4. The van der Waals surface area contributed by atoms with Gasteiger partial charge in [-0.3, -0.25) is 0 Å². The van der Waals surface area contributed by atoms with Crippen LogP contribution in [0.2, 0.25) is 0 Å². The van der Waals surface area contributed by atoms with Crippen molar-refractivity contribution in [3.05, 3.63) is 71.8 Å². The Morgan fingerprint density at radius 3 is 1.27 bits per heavy atom. The van der Waals surface area contributed by atoms with Gasteiger partial charge in [0.1, 0.15) is 11.2 Å². The minimum absolute atomic E-state index is 0.708. The summed E-state index contributed by atoms with van der Waals surface area (Å²) in [4.78, 5) is 0. The van der Waals surface area contributed by atoms with Crippen LogP contribution in [-0.4, -0.2) is 10.2 Å². The maximum Gasteiger partial charge on any atom is 0.149 e. The van der Waals surface area contributed by atoms with E-state index in [4.69, 9.17) is 0 Å². The van der Waals surface area contributed by atoms with Gasteiger partial charge in [0.15, 0.2) is 0 Å². The number of rotatable bonds is 2. The summed E-state index contributed by atoms with van der Waals surface area (Å²) >= 11 is 0. The molecule has 0 aliphatic heterocycles. The van der Waals surface area contributed by atoms with E-state index in [0.717, 1.165) is 0 Å². The molecular formula is C20H18O2. The van der Waals surface area contributed by atoms with Crippen molar-refractivity contribution in [3.8, 4) is 23.7 Å². The minimum atomic E-state index is -1.27. The maximum atomic E-state index is 10.3. The van der Waals surface area contributed by atoms with Gasteiger partial charge in [-0.05, 0) is 48.7 Å². The highest BCUT2D eigenvalue weighted by Crippen LogP contribution is 2.19. The highest BCUT2D eigenvalue weighted by atomic mass is 16.3. The summed E-state index contributed by atoms with van der Waals surface area (Å²) in [5.74, 6) is 10.7. The van der Waals surface area contributed by atoms with Gasteiger partial charge >= 0.3 is 0 Å². The molecule has 110 valence electrons. The second-order valence-electron chi connectivity index (χ2n) is 5.38. The van der Waals surface area contributed by atoms with Crippen LogP contribution >= 0.6 is 0 Å². The number of benzene rings is 2. The van der Waals surface area contributed by atoms with Crippen LogP contribution in [0.1, 0.15) is 25.0 Å². The summed E-state index contributed by atoms with van der Waals surface area (Å²) in [6.45, 7) is 3.23. The molecule has 0 radical (unpaired) electrons. The molecule has 2 aromatic rings. The molecule has 0 aliphatic rings. The lowest BCUT2D eigenvalue weighted by Crippen LogP contribution is -2.18. The zero-order valence-electron chi connectivity index (χ0n) is 12.7. The Bertz CT molecular complexity index is 669. The largest absolute Gasteiger partial charge is 0.374 e. The first-order valence-electron chi connectivity index (χ1n) is 7.02. The van der Waals surface area contributed by atoms with Gasteiger partial charge in [0, 0.05) is 0 Å². The smallest absolute Gasteiger partial charge is 0.149 e. The van der Waals surface area contributed by atoms with E-state index in [1.165, 1.54) is 0 Å². The monoisotopic (exact) mass is 290 g/mol. The maximum absolute atomic E-state index is 10.3. The van der Waals surface area contributed by atoms with Gasteiger partial charge in [-0.15, -0.1) is 0 Å². The van der Waals surface area contributed by atoms with Gasteiger partial charge in [-0.2, -0.15) is 0 Å². The van der Waals surface area contributed by atoms with Crippen molar-refractivity contribution in [2.75, 3.05) is 0 Å². The third kappa shape index (κ3) is 3.99. The van der Waals surface area contributed by atoms with Gasteiger partial charge in [0.2, 0.25) is 0 Å². The number of aliphatic hydroxyl groups is 2. The Kier molecular flexibility index (Phi) is 4.68. The van der Waals surface area contributed by atoms with Gasteiger partial charge < -0.3 is 10.2 Å². The quantitative estimate of drug-likeness (QED) is 0.835. The SMILES string of the molecule is C[C@@](O)(C#CC#C[C@@](C)(O)c1ccccc1)c1ccccc1. The number of hydrogen-bond acceptors (Lipinski definition) is 2. The fraction of sp³-hybridized carbons (Fsp3) is 0.200.